The molecule has 4 fully saturated rings. The lowest BCUT2D eigenvalue weighted by Crippen LogP contribution is -2.51. The van der Waals surface area contributed by atoms with Gasteiger partial charge in [-0.05, 0) is 74.7 Å². The number of nitrogens with zero attached hydrogens (tertiary/aromatic N) is 2. The van der Waals surface area contributed by atoms with Gasteiger partial charge in [-0.3, -0.25) is 9.48 Å². The van der Waals surface area contributed by atoms with Crippen molar-refractivity contribution in [2.45, 2.75) is 58.4 Å². The van der Waals surface area contributed by atoms with Crippen LogP contribution in [0.4, 0.5) is 8.78 Å². The van der Waals surface area contributed by atoms with Gasteiger partial charge in [0.1, 0.15) is 12.2 Å². The summed E-state index contributed by atoms with van der Waals surface area (Å²) in [6, 6.07) is 1.34. The van der Waals surface area contributed by atoms with Crippen LogP contribution in [-0.2, 0) is 11.3 Å². The highest BCUT2D eigenvalue weighted by Gasteiger charge is 2.50. The van der Waals surface area contributed by atoms with E-state index in [2.05, 4.69) is 10.4 Å². The Bertz CT molecular complexity index is 605. The van der Waals surface area contributed by atoms with E-state index < -0.39 is 6.43 Å². The molecule has 5 rings (SSSR count). The molecule has 4 nitrogen and oxygen atoms in total. The number of aryl methyl sites for hydroxylation is 1. The number of halogens is 2. The van der Waals surface area contributed by atoms with Gasteiger partial charge in [0.2, 0.25) is 5.91 Å². The van der Waals surface area contributed by atoms with Crippen LogP contribution < -0.4 is 5.32 Å². The Labute approximate surface area is 141 Å². The highest BCUT2D eigenvalue weighted by molar-refractivity contribution is 5.75. The summed E-state index contributed by atoms with van der Waals surface area (Å²) in [5.74, 6) is 2.44. The third-order valence-electron chi connectivity index (χ3n) is 6.34. The van der Waals surface area contributed by atoms with Crippen LogP contribution in [0.15, 0.2) is 6.07 Å². The Morgan fingerprint density at radius 2 is 1.88 bits per heavy atom. The molecule has 1 amide bonds. The molecule has 1 N–H and O–H groups in total. The summed E-state index contributed by atoms with van der Waals surface area (Å²) in [4.78, 5) is 12.3. The lowest BCUT2D eigenvalue weighted by atomic mass is 9.49. The number of amides is 1. The Hall–Kier alpha value is -1.46. The molecule has 0 unspecified atom stereocenters. The summed E-state index contributed by atoms with van der Waals surface area (Å²) in [6.45, 7) is 2.45. The van der Waals surface area contributed by atoms with Gasteiger partial charge in [-0.15, -0.1) is 0 Å². The van der Waals surface area contributed by atoms with Crippen molar-refractivity contribution in [3.63, 3.8) is 0 Å². The summed E-state index contributed by atoms with van der Waals surface area (Å²) >= 11 is 0. The third kappa shape index (κ3) is 2.95. The summed E-state index contributed by atoms with van der Waals surface area (Å²) in [5, 5.41) is 6.90. The highest BCUT2D eigenvalue weighted by Crippen LogP contribution is 2.59. The molecule has 0 aliphatic heterocycles. The molecule has 24 heavy (non-hydrogen) atoms. The minimum atomic E-state index is -2.60. The number of rotatable bonds is 5. The largest absolute Gasteiger partial charge is 0.354 e. The molecule has 0 aromatic carbocycles. The fourth-order valence-electron chi connectivity index (χ4n) is 5.79. The van der Waals surface area contributed by atoms with Crippen LogP contribution in [-0.4, -0.2) is 22.2 Å². The number of nitrogens with one attached hydrogen (secondary N) is 1. The van der Waals surface area contributed by atoms with Gasteiger partial charge < -0.3 is 5.32 Å². The van der Waals surface area contributed by atoms with E-state index in [-0.39, 0.29) is 23.6 Å². The predicted molar refractivity (Wildman–Crippen MR) is 85.5 cm³/mol. The van der Waals surface area contributed by atoms with Crippen molar-refractivity contribution < 1.29 is 13.6 Å². The number of hydrogen-bond acceptors (Lipinski definition) is 2. The van der Waals surface area contributed by atoms with E-state index in [0.29, 0.717) is 5.69 Å². The fraction of sp³-hybridized carbons (Fsp3) is 0.778. The summed E-state index contributed by atoms with van der Waals surface area (Å²) in [6.07, 6.45) is 5.29. The Morgan fingerprint density at radius 1 is 1.29 bits per heavy atom. The smallest absolute Gasteiger partial charge is 0.282 e. The van der Waals surface area contributed by atoms with Gasteiger partial charge in [0, 0.05) is 12.2 Å². The van der Waals surface area contributed by atoms with Gasteiger partial charge in [0.25, 0.3) is 6.43 Å². The van der Waals surface area contributed by atoms with Crippen LogP contribution in [0.3, 0.4) is 0 Å². The standard InChI is InChI=1S/C18H25F2N3O/c1-11-2-15(17(19)20)22-23(11)9-16(24)21-10-18-6-12-3-13(7-18)5-14(4-12)8-18/h2,12-14,17H,3-10H2,1H3,(H,21,24). The van der Waals surface area contributed by atoms with Crippen LogP contribution in [0.2, 0.25) is 0 Å². The minimum absolute atomic E-state index is 0.0188. The van der Waals surface area contributed by atoms with Crippen molar-refractivity contribution in [2.24, 2.45) is 23.2 Å². The number of carbonyl (C=O) groups is 1. The molecule has 4 aliphatic carbocycles. The fourth-order valence-corrected chi connectivity index (χ4v) is 5.79. The van der Waals surface area contributed by atoms with Gasteiger partial charge in [-0.1, -0.05) is 0 Å². The van der Waals surface area contributed by atoms with Crippen molar-refractivity contribution in [1.82, 2.24) is 15.1 Å². The van der Waals surface area contributed by atoms with Crippen molar-refractivity contribution >= 4 is 5.91 Å². The van der Waals surface area contributed by atoms with Crippen LogP contribution in [0.5, 0.6) is 0 Å². The second-order valence-corrected chi connectivity index (χ2v) is 8.36. The van der Waals surface area contributed by atoms with E-state index in [1.54, 1.807) is 6.92 Å². The van der Waals surface area contributed by atoms with E-state index in [1.165, 1.54) is 49.3 Å². The van der Waals surface area contributed by atoms with Crippen LogP contribution in [0.1, 0.15) is 56.3 Å². The zero-order chi connectivity index (χ0) is 16.9. The first-order chi connectivity index (χ1) is 11.4. The van der Waals surface area contributed by atoms with Crippen molar-refractivity contribution in [3.8, 4) is 0 Å². The van der Waals surface area contributed by atoms with E-state index in [1.807, 2.05) is 0 Å². The predicted octanol–water partition coefficient (Wildman–Crippen LogP) is 3.46. The van der Waals surface area contributed by atoms with E-state index in [9.17, 15) is 13.6 Å². The SMILES string of the molecule is Cc1cc(C(F)F)nn1CC(=O)NCC12CC3CC(CC(C3)C1)C2. The van der Waals surface area contributed by atoms with Crippen molar-refractivity contribution in [3.05, 3.63) is 17.5 Å². The van der Waals surface area contributed by atoms with Crippen molar-refractivity contribution in [2.75, 3.05) is 6.54 Å². The van der Waals surface area contributed by atoms with E-state index in [4.69, 9.17) is 0 Å². The second kappa shape index (κ2) is 5.81. The molecule has 1 heterocycles. The quantitative estimate of drug-likeness (QED) is 0.894. The summed E-state index contributed by atoms with van der Waals surface area (Å²) < 4.78 is 26.8. The van der Waals surface area contributed by atoms with Gasteiger partial charge in [0.05, 0.1) is 0 Å². The average molecular weight is 337 g/mol. The van der Waals surface area contributed by atoms with E-state index >= 15 is 0 Å². The highest BCUT2D eigenvalue weighted by atomic mass is 19.3. The van der Waals surface area contributed by atoms with Gasteiger partial charge >= 0.3 is 0 Å². The Morgan fingerprint density at radius 3 is 2.38 bits per heavy atom. The molecular weight excluding hydrogens is 312 g/mol. The molecule has 132 valence electrons. The molecule has 1 aromatic heterocycles. The molecule has 0 radical (unpaired) electrons. The van der Waals surface area contributed by atoms with Gasteiger partial charge in [-0.2, -0.15) is 5.10 Å². The number of hydrogen-bond donors (Lipinski definition) is 1. The summed E-state index contributed by atoms with van der Waals surface area (Å²) in [5.41, 5.74) is 0.620. The first-order valence-corrected chi connectivity index (χ1v) is 9.02. The zero-order valence-corrected chi connectivity index (χ0v) is 14.1. The third-order valence-corrected chi connectivity index (χ3v) is 6.34. The summed E-state index contributed by atoms with van der Waals surface area (Å²) in [7, 11) is 0. The number of carbonyl (C=O) groups excluding carboxylic acids is 1. The van der Waals surface area contributed by atoms with Crippen molar-refractivity contribution in [1.29, 1.82) is 0 Å². The number of alkyl halides is 2. The van der Waals surface area contributed by atoms with Gasteiger partial charge in [-0.25, -0.2) is 8.78 Å². The first-order valence-electron chi connectivity index (χ1n) is 9.02. The second-order valence-electron chi connectivity index (χ2n) is 8.36. The molecule has 4 bridgehead atoms. The maximum absolute atomic E-state index is 12.7. The topological polar surface area (TPSA) is 46.9 Å². The molecule has 4 saturated carbocycles. The molecule has 1 aromatic rings. The van der Waals surface area contributed by atoms with Crippen LogP contribution in [0, 0.1) is 30.1 Å². The maximum Gasteiger partial charge on any atom is 0.282 e. The van der Waals surface area contributed by atoms with E-state index in [0.717, 1.165) is 24.3 Å². The molecule has 0 saturated heterocycles. The lowest BCUT2D eigenvalue weighted by Gasteiger charge is -2.56. The molecule has 6 heteroatoms. The Kier molecular flexibility index (Phi) is 3.88. The monoisotopic (exact) mass is 337 g/mol. The minimum Gasteiger partial charge on any atom is -0.354 e. The van der Waals surface area contributed by atoms with Gasteiger partial charge in [0.15, 0.2) is 0 Å². The number of aromatic nitrogens is 2. The van der Waals surface area contributed by atoms with Crippen LogP contribution >= 0.6 is 0 Å². The Balaban J connectivity index is 1.35. The maximum atomic E-state index is 12.7. The molecule has 0 atom stereocenters. The molecular formula is C18H25F2N3O. The normalized spacial score (nSPS) is 34.1. The molecule has 0 spiro atoms. The zero-order valence-electron chi connectivity index (χ0n) is 14.1. The first kappa shape index (κ1) is 16.0. The van der Waals surface area contributed by atoms with Crippen LogP contribution in [0.25, 0.3) is 0 Å². The molecule has 4 aliphatic rings. The lowest BCUT2D eigenvalue weighted by molar-refractivity contribution is -0.124. The average Bonchev–Trinajstić information content (AvgIpc) is 2.85.